The summed E-state index contributed by atoms with van der Waals surface area (Å²) in [6.45, 7) is 7.73. The van der Waals surface area contributed by atoms with Gasteiger partial charge >= 0.3 is 42.2 Å². The summed E-state index contributed by atoms with van der Waals surface area (Å²) in [7, 11) is 16.3. The van der Waals surface area contributed by atoms with Crippen molar-refractivity contribution in [2.75, 3.05) is 149 Å². The minimum atomic E-state index is -1.84. The molecule has 20 heteroatoms. The quantitative estimate of drug-likeness (QED) is 0.0453. The molecule has 2 atom stereocenters. The van der Waals surface area contributed by atoms with Gasteiger partial charge in [-0.1, -0.05) is 30.3 Å². The van der Waals surface area contributed by atoms with Crippen molar-refractivity contribution in [1.82, 2.24) is 9.80 Å². The van der Waals surface area contributed by atoms with E-state index in [-0.39, 0.29) is 19.8 Å². The maximum atomic E-state index is 13.6. The highest BCUT2D eigenvalue weighted by atomic mass is 16.7. The maximum Gasteiger partial charge on any atom is 0.508 e. The van der Waals surface area contributed by atoms with Crippen LogP contribution in [0.5, 0.6) is 0 Å². The molecule has 0 spiro atoms. The zero-order valence-electron chi connectivity index (χ0n) is 41.7. The smallest absolute Gasteiger partial charge is 0.465 e. The summed E-state index contributed by atoms with van der Waals surface area (Å²) in [5.74, 6) is -3.82. The average Bonchev–Trinajstić information content (AvgIpc) is 3.25. The summed E-state index contributed by atoms with van der Waals surface area (Å²) < 4.78 is 49.4. The topological polar surface area (TPSA) is 209 Å². The van der Waals surface area contributed by atoms with Gasteiger partial charge in [-0.15, -0.1) is 0 Å². The molecule has 0 aromatic heterocycles. The van der Waals surface area contributed by atoms with Crippen molar-refractivity contribution in [2.45, 2.75) is 54.1 Å². The van der Waals surface area contributed by atoms with Gasteiger partial charge in [-0.2, -0.15) is 0 Å². The largest absolute Gasteiger partial charge is 0.508 e. The summed E-state index contributed by atoms with van der Waals surface area (Å²) in [6.07, 6.45) is -1.53. The molecule has 2 unspecified atom stereocenters. The highest BCUT2D eigenvalue weighted by Crippen LogP contribution is 2.25. The lowest BCUT2D eigenvalue weighted by atomic mass is 9.93. The Morgan fingerprint density at radius 2 is 0.788 bits per heavy atom. The molecule has 0 fully saturated rings. The van der Waals surface area contributed by atoms with Crippen LogP contribution in [0.2, 0.25) is 0 Å². The van der Waals surface area contributed by atoms with Crippen LogP contribution in [-0.4, -0.2) is 209 Å². The van der Waals surface area contributed by atoms with Gasteiger partial charge in [-0.05, 0) is 54.5 Å². The predicted octanol–water partition coefficient (Wildman–Crippen LogP) is 3.32. The van der Waals surface area contributed by atoms with E-state index in [1.807, 2.05) is 28.2 Å². The number of nitrogens with zero attached hydrogens (tertiary/aromatic N) is 4. The van der Waals surface area contributed by atoms with Crippen molar-refractivity contribution in [3.63, 3.8) is 0 Å². The van der Waals surface area contributed by atoms with E-state index in [0.29, 0.717) is 27.4 Å². The predicted molar refractivity (Wildman–Crippen MR) is 240 cm³/mol. The van der Waals surface area contributed by atoms with E-state index in [2.05, 4.69) is 38.0 Å². The molecule has 0 amide bonds. The molecule has 1 aromatic carbocycles. The van der Waals surface area contributed by atoms with Gasteiger partial charge in [-0.3, -0.25) is 24.0 Å². The summed E-state index contributed by atoms with van der Waals surface area (Å²) in [5.41, 5.74) is -4.44. The molecule has 20 nitrogen and oxygen atoms in total. The molecule has 0 aliphatic rings. The minimum Gasteiger partial charge on any atom is -0.465 e. The lowest BCUT2D eigenvalue weighted by molar-refractivity contribution is -0.890. The molecular weight excluding hydrogens is 865 g/mol. The maximum absolute atomic E-state index is 13.6. The van der Waals surface area contributed by atoms with Gasteiger partial charge in [0.1, 0.15) is 62.5 Å². The fraction of sp³-hybridized carbons (Fsp3) is 0.717. The highest BCUT2D eigenvalue weighted by molar-refractivity contribution is 5.79. The van der Waals surface area contributed by atoms with Crippen LogP contribution in [0.1, 0.15) is 53.0 Å². The summed E-state index contributed by atoms with van der Waals surface area (Å²) in [6, 6.07) is 8.73. The Labute approximate surface area is 391 Å². The minimum absolute atomic E-state index is 0.0692. The molecule has 0 N–H and O–H groups in total. The highest BCUT2D eigenvalue weighted by Gasteiger charge is 2.43. The first kappa shape index (κ1) is 59.0. The van der Waals surface area contributed by atoms with Crippen LogP contribution in [0.15, 0.2) is 30.3 Å². The number of esters is 5. The van der Waals surface area contributed by atoms with E-state index >= 15 is 0 Å². The van der Waals surface area contributed by atoms with E-state index in [1.165, 1.54) is 20.8 Å². The number of benzene rings is 1. The van der Waals surface area contributed by atoms with Gasteiger partial charge in [0.05, 0.1) is 67.6 Å². The average molecular weight is 943 g/mol. The van der Waals surface area contributed by atoms with Gasteiger partial charge in [0.15, 0.2) is 0 Å². The van der Waals surface area contributed by atoms with Crippen LogP contribution >= 0.6 is 0 Å². The van der Waals surface area contributed by atoms with E-state index in [9.17, 15) is 33.6 Å². The summed E-state index contributed by atoms with van der Waals surface area (Å²) >= 11 is 0. The number of hydrogen-bond donors (Lipinski definition) is 0. The molecule has 0 aliphatic carbocycles. The molecule has 376 valence electrons. The lowest BCUT2D eigenvalue weighted by Gasteiger charge is -2.31. The SMILES string of the molecule is CC(=O)OCC(C)(COC(=O)OCC(C)(COC(=O)OCC(C)(COC(C)=O)C(=O)OCCC[N+](C)(C)CCN(C)C)C(=O)OCc1ccccc1)C(=O)OCCC[N+](C)(C)CCN(C)C. The molecule has 0 heterocycles. The van der Waals surface area contributed by atoms with Crippen LogP contribution in [0.3, 0.4) is 0 Å². The number of hydrogen-bond acceptors (Lipinski definition) is 18. The zero-order chi connectivity index (χ0) is 50.2. The standard InChI is InChI=1S/C46H78N4O16/c1-36(51)61-30-44(3,39(53)58-27-17-23-49(10,11)25-21-47(6)7)32-63-42(56)65-34-46(5,41(55)60-29-38-19-15-14-16-20-38)35-66-43(57)64-33-45(4,31-62-37(2)52)40(54)59-28-18-24-50(12,13)26-22-48(8)9/h14-16,19-20H,17-18,21-35H2,1-13H3/q+2. The first-order valence-corrected chi connectivity index (χ1v) is 22.0. The van der Waals surface area contributed by atoms with E-state index in [1.54, 1.807) is 30.3 Å². The second-order valence-electron chi connectivity index (χ2n) is 19.3. The number of ether oxygens (including phenoxy) is 9. The van der Waals surface area contributed by atoms with Crippen molar-refractivity contribution in [3.8, 4) is 0 Å². The third kappa shape index (κ3) is 24.5. The fourth-order valence-corrected chi connectivity index (χ4v) is 5.68. The van der Waals surface area contributed by atoms with Crippen LogP contribution in [-0.2, 0) is 73.2 Å². The van der Waals surface area contributed by atoms with Gasteiger partial charge in [-0.25, -0.2) is 9.59 Å². The van der Waals surface area contributed by atoms with Crippen LogP contribution < -0.4 is 0 Å². The number of rotatable bonds is 31. The van der Waals surface area contributed by atoms with Crippen LogP contribution in [0.25, 0.3) is 0 Å². The van der Waals surface area contributed by atoms with Crippen molar-refractivity contribution < 1.29 is 85.2 Å². The molecule has 0 saturated carbocycles. The van der Waals surface area contributed by atoms with Gasteiger partial charge in [0, 0.05) is 39.8 Å². The number of carbonyl (C=O) groups excluding carboxylic acids is 7. The van der Waals surface area contributed by atoms with Crippen molar-refractivity contribution in [1.29, 1.82) is 0 Å². The molecule has 0 bridgehead atoms. The molecule has 1 aromatic rings. The van der Waals surface area contributed by atoms with Crippen LogP contribution in [0.4, 0.5) is 9.59 Å². The Balaban J connectivity index is 3.04. The Kier molecular flexibility index (Phi) is 25.2. The van der Waals surface area contributed by atoms with E-state index in [4.69, 9.17) is 42.6 Å². The Morgan fingerprint density at radius 1 is 0.470 bits per heavy atom. The Bertz CT molecular complexity index is 1610. The molecule has 0 saturated heterocycles. The first-order chi connectivity index (χ1) is 30.6. The molecule has 0 aliphatic heterocycles. The van der Waals surface area contributed by atoms with Crippen molar-refractivity contribution >= 4 is 42.2 Å². The number of quaternary nitrogens is 2. The van der Waals surface area contributed by atoms with Gasteiger partial charge < -0.3 is 61.4 Å². The molecular formula is C46H78N4O16+2. The first-order valence-electron chi connectivity index (χ1n) is 22.0. The second kappa shape index (κ2) is 28.2. The van der Waals surface area contributed by atoms with Crippen molar-refractivity contribution in [3.05, 3.63) is 35.9 Å². The molecule has 66 heavy (non-hydrogen) atoms. The summed E-state index contributed by atoms with van der Waals surface area (Å²) in [4.78, 5) is 93.8. The lowest BCUT2D eigenvalue weighted by Crippen LogP contribution is -2.45. The monoisotopic (exact) mass is 943 g/mol. The van der Waals surface area contributed by atoms with Crippen LogP contribution in [0, 0.1) is 16.2 Å². The third-order valence-corrected chi connectivity index (χ3v) is 10.5. The number of carbonyl (C=O) groups is 7. The second-order valence-corrected chi connectivity index (χ2v) is 19.3. The normalized spacial score (nSPS) is 14.4. The molecule has 1 rings (SSSR count). The Morgan fingerprint density at radius 3 is 1.11 bits per heavy atom. The molecule has 0 radical (unpaired) electrons. The zero-order valence-corrected chi connectivity index (χ0v) is 41.7. The Hall–Kier alpha value is -5.05. The van der Waals surface area contributed by atoms with E-state index in [0.717, 1.165) is 53.1 Å². The van der Waals surface area contributed by atoms with E-state index < -0.39 is 98.0 Å². The van der Waals surface area contributed by atoms with Gasteiger partial charge in [0.25, 0.3) is 0 Å². The fourth-order valence-electron chi connectivity index (χ4n) is 5.68. The van der Waals surface area contributed by atoms with Gasteiger partial charge in [0.2, 0.25) is 0 Å². The van der Waals surface area contributed by atoms with Crippen molar-refractivity contribution in [2.24, 2.45) is 16.2 Å². The summed E-state index contributed by atoms with van der Waals surface area (Å²) in [5, 5.41) is 0. The third-order valence-electron chi connectivity index (χ3n) is 10.5. The number of likely N-dealkylation sites (N-methyl/N-ethyl adjacent to an activating group) is 4.